The predicted molar refractivity (Wildman–Crippen MR) is 111 cm³/mol. The molecule has 0 radical (unpaired) electrons. The van der Waals surface area contributed by atoms with Crippen LogP contribution in [0.5, 0.6) is 5.75 Å². The van der Waals surface area contributed by atoms with Crippen molar-refractivity contribution in [3.8, 4) is 5.75 Å². The molecule has 3 heterocycles. The van der Waals surface area contributed by atoms with Gasteiger partial charge in [-0.3, -0.25) is 4.79 Å². The molecule has 1 saturated heterocycles. The van der Waals surface area contributed by atoms with Gasteiger partial charge in [-0.1, -0.05) is 0 Å². The second-order valence-electron chi connectivity index (χ2n) is 7.80. The first-order chi connectivity index (χ1) is 14.6. The van der Waals surface area contributed by atoms with Crippen LogP contribution in [0.25, 0.3) is 11.0 Å². The maximum Gasteiger partial charge on any atom is 0.336 e. The monoisotopic (exact) mass is 406 g/mol. The summed E-state index contributed by atoms with van der Waals surface area (Å²) in [6.45, 7) is 1.39. The molecule has 1 aliphatic heterocycles. The van der Waals surface area contributed by atoms with Crippen LogP contribution in [0.15, 0.2) is 51.8 Å². The molecule has 154 valence electrons. The summed E-state index contributed by atoms with van der Waals surface area (Å²) in [7, 11) is 0. The Kier molecular flexibility index (Phi) is 4.82. The van der Waals surface area contributed by atoms with Gasteiger partial charge >= 0.3 is 5.63 Å². The maximum atomic E-state index is 12.3. The molecule has 8 nitrogen and oxygen atoms in total. The van der Waals surface area contributed by atoms with Gasteiger partial charge in [-0.2, -0.15) is 0 Å². The fourth-order valence-corrected chi connectivity index (χ4v) is 3.73. The number of nitrogens with zero attached hydrogens (tertiary/aromatic N) is 3. The van der Waals surface area contributed by atoms with Crippen LogP contribution in [0.2, 0.25) is 0 Å². The summed E-state index contributed by atoms with van der Waals surface area (Å²) in [5.74, 6) is 1.62. The molecule has 1 N–H and O–H groups in total. The molecule has 2 fully saturated rings. The molecule has 1 aliphatic carbocycles. The molecule has 0 spiro atoms. The van der Waals surface area contributed by atoms with E-state index in [0.717, 1.165) is 30.0 Å². The Morgan fingerprint density at radius 3 is 2.93 bits per heavy atom. The van der Waals surface area contributed by atoms with Gasteiger partial charge in [0, 0.05) is 54.5 Å². The summed E-state index contributed by atoms with van der Waals surface area (Å²) in [6, 6.07) is 10.2. The van der Waals surface area contributed by atoms with Gasteiger partial charge in [0.2, 0.25) is 5.95 Å². The third-order valence-electron chi connectivity index (χ3n) is 5.46. The van der Waals surface area contributed by atoms with Crippen molar-refractivity contribution in [3.63, 3.8) is 0 Å². The summed E-state index contributed by atoms with van der Waals surface area (Å²) < 4.78 is 10.7. The van der Waals surface area contributed by atoms with E-state index in [-0.39, 0.29) is 18.6 Å². The first-order valence-corrected chi connectivity index (χ1v) is 10.2. The standard InChI is InChI=1S/C22H22N4O4/c27-20(13-29-17-5-3-15-4-6-21(28)30-19(15)11-17)24-16-8-10-26(12-16)22-23-9-7-18(25-22)14-1-2-14/h3-7,9,11,14,16H,1-2,8,10,12-13H2,(H,24,27). The second-order valence-corrected chi connectivity index (χ2v) is 7.80. The predicted octanol–water partition coefficient (Wildman–Crippen LogP) is 2.23. The number of hydrogen-bond acceptors (Lipinski definition) is 7. The van der Waals surface area contributed by atoms with E-state index >= 15 is 0 Å². The third kappa shape index (κ3) is 4.12. The number of rotatable bonds is 6. The lowest BCUT2D eigenvalue weighted by atomic mass is 10.2. The lowest BCUT2D eigenvalue weighted by Crippen LogP contribution is -2.39. The number of anilines is 1. The summed E-state index contributed by atoms with van der Waals surface area (Å²) in [5, 5.41) is 3.81. The van der Waals surface area contributed by atoms with E-state index < -0.39 is 5.63 Å². The van der Waals surface area contributed by atoms with E-state index in [1.165, 1.54) is 18.9 Å². The van der Waals surface area contributed by atoms with Crippen LogP contribution in [-0.2, 0) is 4.79 Å². The normalized spacial score (nSPS) is 18.5. The molecule has 1 atom stereocenters. The minimum Gasteiger partial charge on any atom is -0.484 e. The van der Waals surface area contributed by atoms with Crippen LogP contribution in [0.1, 0.15) is 30.9 Å². The summed E-state index contributed by atoms with van der Waals surface area (Å²) in [5.41, 5.74) is 1.13. The molecule has 0 bridgehead atoms. The minimum absolute atomic E-state index is 0.0314. The number of ether oxygens (including phenoxy) is 1. The van der Waals surface area contributed by atoms with E-state index in [1.807, 2.05) is 12.3 Å². The average molecular weight is 406 g/mol. The van der Waals surface area contributed by atoms with Crippen molar-refractivity contribution >= 4 is 22.8 Å². The van der Waals surface area contributed by atoms with E-state index in [2.05, 4.69) is 20.2 Å². The van der Waals surface area contributed by atoms with Crippen LogP contribution in [0.3, 0.4) is 0 Å². The summed E-state index contributed by atoms with van der Waals surface area (Å²) >= 11 is 0. The van der Waals surface area contributed by atoms with Crippen molar-refractivity contribution in [1.29, 1.82) is 0 Å². The van der Waals surface area contributed by atoms with Gasteiger partial charge in [0.05, 0.1) is 0 Å². The molecule has 1 saturated carbocycles. The zero-order valence-electron chi connectivity index (χ0n) is 16.4. The van der Waals surface area contributed by atoms with Crippen molar-refractivity contribution in [1.82, 2.24) is 15.3 Å². The minimum atomic E-state index is -0.421. The van der Waals surface area contributed by atoms with Gasteiger partial charge in [-0.05, 0) is 43.5 Å². The Hall–Kier alpha value is -3.42. The first kappa shape index (κ1) is 18.6. The van der Waals surface area contributed by atoms with E-state index in [1.54, 1.807) is 24.3 Å². The number of aromatic nitrogens is 2. The molecule has 5 rings (SSSR count). The van der Waals surface area contributed by atoms with E-state index in [0.29, 0.717) is 23.8 Å². The molecule has 3 aromatic rings. The summed E-state index contributed by atoms with van der Waals surface area (Å²) in [4.78, 5) is 34.9. The first-order valence-electron chi connectivity index (χ1n) is 10.2. The van der Waals surface area contributed by atoms with Gasteiger partial charge in [0.15, 0.2) is 6.61 Å². The van der Waals surface area contributed by atoms with Crippen LogP contribution in [-0.4, -0.2) is 41.6 Å². The van der Waals surface area contributed by atoms with Crippen molar-refractivity contribution in [2.45, 2.75) is 31.2 Å². The van der Waals surface area contributed by atoms with Crippen LogP contribution in [0.4, 0.5) is 5.95 Å². The molecule has 2 aliphatic rings. The zero-order valence-corrected chi connectivity index (χ0v) is 16.4. The second kappa shape index (κ2) is 7.78. The van der Waals surface area contributed by atoms with Gasteiger partial charge in [0.25, 0.3) is 5.91 Å². The molecular weight excluding hydrogens is 384 g/mol. The van der Waals surface area contributed by atoms with Crippen LogP contribution < -0.4 is 20.6 Å². The van der Waals surface area contributed by atoms with Gasteiger partial charge in [0.1, 0.15) is 11.3 Å². The number of benzene rings is 1. The quantitative estimate of drug-likeness (QED) is 0.627. The van der Waals surface area contributed by atoms with Crippen LogP contribution in [0, 0.1) is 0 Å². The number of nitrogens with one attached hydrogen (secondary N) is 1. The van der Waals surface area contributed by atoms with Gasteiger partial charge < -0.3 is 19.4 Å². The van der Waals surface area contributed by atoms with Crippen molar-refractivity contribution in [2.24, 2.45) is 0 Å². The Bertz CT molecular complexity index is 1140. The van der Waals surface area contributed by atoms with Crippen molar-refractivity contribution in [2.75, 3.05) is 24.6 Å². The highest BCUT2D eigenvalue weighted by Gasteiger charge is 2.28. The summed E-state index contributed by atoms with van der Waals surface area (Å²) in [6.07, 6.45) is 5.07. The number of fused-ring (bicyclic) bond motifs is 1. The Balaban J connectivity index is 1.14. The topological polar surface area (TPSA) is 97.6 Å². The highest BCUT2D eigenvalue weighted by atomic mass is 16.5. The van der Waals surface area contributed by atoms with E-state index in [4.69, 9.17) is 9.15 Å². The highest BCUT2D eigenvalue weighted by molar-refractivity contribution is 5.79. The Morgan fingerprint density at radius 1 is 1.20 bits per heavy atom. The molecule has 1 unspecified atom stereocenters. The number of hydrogen-bond donors (Lipinski definition) is 1. The average Bonchev–Trinajstić information content (AvgIpc) is 3.51. The van der Waals surface area contributed by atoms with Crippen molar-refractivity contribution < 1.29 is 13.9 Å². The smallest absolute Gasteiger partial charge is 0.336 e. The lowest BCUT2D eigenvalue weighted by molar-refractivity contribution is -0.123. The van der Waals surface area contributed by atoms with Crippen LogP contribution >= 0.6 is 0 Å². The molecular formula is C22H22N4O4. The molecule has 1 aromatic carbocycles. The Morgan fingerprint density at radius 2 is 2.07 bits per heavy atom. The zero-order chi connectivity index (χ0) is 20.5. The van der Waals surface area contributed by atoms with E-state index in [9.17, 15) is 9.59 Å². The molecule has 1 amide bonds. The largest absolute Gasteiger partial charge is 0.484 e. The number of amides is 1. The molecule has 2 aromatic heterocycles. The molecule has 30 heavy (non-hydrogen) atoms. The maximum absolute atomic E-state index is 12.3. The van der Waals surface area contributed by atoms with Gasteiger partial charge in [-0.25, -0.2) is 14.8 Å². The third-order valence-corrected chi connectivity index (χ3v) is 5.46. The SMILES string of the molecule is O=C(COc1ccc2ccc(=O)oc2c1)NC1CCN(c2nccc(C3CC3)n2)C1. The number of carbonyl (C=O) groups excluding carboxylic acids is 1. The van der Waals surface area contributed by atoms with Gasteiger partial charge in [-0.15, -0.1) is 0 Å². The highest BCUT2D eigenvalue weighted by Crippen LogP contribution is 2.39. The fraction of sp³-hybridized carbons (Fsp3) is 0.364. The molecule has 8 heteroatoms. The Labute approximate surface area is 172 Å². The fourth-order valence-electron chi connectivity index (χ4n) is 3.73. The number of carbonyl (C=O) groups is 1. The van der Waals surface area contributed by atoms with Crippen molar-refractivity contribution in [3.05, 3.63) is 58.7 Å². The lowest BCUT2D eigenvalue weighted by Gasteiger charge is -2.17.